The van der Waals surface area contributed by atoms with Crippen LogP contribution in [0.1, 0.15) is 53.5 Å². The van der Waals surface area contributed by atoms with Crippen LogP contribution in [0.15, 0.2) is 24.5 Å². The van der Waals surface area contributed by atoms with E-state index < -0.39 is 0 Å². The second-order valence-corrected chi connectivity index (χ2v) is 6.48. The first-order chi connectivity index (χ1) is 11.5. The van der Waals surface area contributed by atoms with E-state index in [0.29, 0.717) is 11.5 Å². The highest BCUT2D eigenvalue weighted by atomic mass is 16.1. The minimum atomic E-state index is -0.164. The minimum Gasteiger partial charge on any atom is -0.344 e. The van der Waals surface area contributed by atoms with E-state index in [2.05, 4.69) is 20.5 Å². The number of hydrogen-bond donors (Lipinski definition) is 1. The van der Waals surface area contributed by atoms with Crippen LogP contribution >= 0.6 is 0 Å². The number of nitrogens with zero attached hydrogens (tertiary/aromatic N) is 5. The average Bonchev–Trinajstić information content (AvgIpc) is 3.22. The molecule has 24 heavy (non-hydrogen) atoms. The summed E-state index contributed by atoms with van der Waals surface area (Å²) in [5.74, 6) is 0.361. The number of carbonyl (C=O) groups is 1. The Hall–Kier alpha value is -2.70. The van der Waals surface area contributed by atoms with Gasteiger partial charge in [0, 0.05) is 31.9 Å². The highest BCUT2D eigenvalue weighted by Gasteiger charge is 2.28. The van der Waals surface area contributed by atoms with E-state index in [-0.39, 0.29) is 11.9 Å². The van der Waals surface area contributed by atoms with Crippen LogP contribution in [-0.4, -0.2) is 30.5 Å². The topological polar surface area (TPSA) is 77.6 Å². The molecule has 7 heteroatoms. The molecule has 3 aromatic heterocycles. The van der Waals surface area contributed by atoms with Gasteiger partial charge in [0.25, 0.3) is 5.91 Å². The minimum absolute atomic E-state index is 0.115. The lowest BCUT2D eigenvalue weighted by molar-refractivity contribution is 0.0940. The van der Waals surface area contributed by atoms with Crippen molar-refractivity contribution in [1.29, 1.82) is 0 Å². The highest BCUT2D eigenvalue weighted by molar-refractivity contribution is 6.05. The van der Waals surface area contributed by atoms with E-state index in [9.17, 15) is 4.79 Å². The van der Waals surface area contributed by atoms with Gasteiger partial charge in [-0.05, 0) is 31.9 Å². The first kappa shape index (κ1) is 14.9. The van der Waals surface area contributed by atoms with Crippen LogP contribution in [0.25, 0.3) is 11.0 Å². The Balaban J connectivity index is 1.68. The molecular weight excluding hydrogens is 304 g/mol. The van der Waals surface area contributed by atoms with Gasteiger partial charge in [-0.15, -0.1) is 0 Å². The average molecular weight is 324 g/mol. The van der Waals surface area contributed by atoms with Crippen LogP contribution < -0.4 is 5.32 Å². The van der Waals surface area contributed by atoms with E-state index in [1.165, 1.54) is 0 Å². The molecule has 124 valence electrons. The third-order valence-corrected chi connectivity index (χ3v) is 4.49. The molecule has 1 aliphatic rings. The maximum Gasteiger partial charge on any atom is 0.252 e. The van der Waals surface area contributed by atoms with Gasteiger partial charge < -0.3 is 5.32 Å². The molecule has 1 atom stereocenters. The molecule has 1 saturated carbocycles. The third-order valence-electron chi connectivity index (χ3n) is 4.49. The van der Waals surface area contributed by atoms with Crippen molar-refractivity contribution in [3.05, 3.63) is 41.5 Å². The fraction of sp³-hybridized carbons (Fsp3) is 0.412. The summed E-state index contributed by atoms with van der Waals surface area (Å²) in [5, 5.41) is 12.4. The van der Waals surface area contributed by atoms with Crippen molar-refractivity contribution in [2.24, 2.45) is 14.1 Å². The van der Waals surface area contributed by atoms with E-state index in [4.69, 9.17) is 0 Å². The number of aromatic nitrogens is 5. The summed E-state index contributed by atoms with van der Waals surface area (Å²) in [6, 6.07) is 3.66. The SMILES string of the molecule is C[C@H](NC(=O)c1cc(C2CC2)nc2c1cnn2C)c1ccn(C)n1. The lowest BCUT2D eigenvalue weighted by Crippen LogP contribution is -2.27. The van der Waals surface area contributed by atoms with Crippen LogP contribution in [0.3, 0.4) is 0 Å². The molecule has 0 saturated heterocycles. The van der Waals surface area contributed by atoms with E-state index in [1.807, 2.05) is 39.3 Å². The molecule has 1 N–H and O–H groups in total. The molecule has 7 nitrogen and oxygen atoms in total. The molecule has 1 aliphatic carbocycles. The molecule has 0 aliphatic heterocycles. The van der Waals surface area contributed by atoms with E-state index >= 15 is 0 Å². The molecule has 4 rings (SSSR count). The second-order valence-electron chi connectivity index (χ2n) is 6.48. The van der Waals surface area contributed by atoms with Gasteiger partial charge in [-0.3, -0.25) is 14.2 Å². The van der Waals surface area contributed by atoms with Crippen LogP contribution in [0.2, 0.25) is 0 Å². The number of hydrogen-bond acceptors (Lipinski definition) is 4. The summed E-state index contributed by atoms with van der Waals surface area (Å²) in [6.45, 7) is 1.93. The predicted octanol–water partition coefficient (Wildman–Crippen LogP) is 2.07. The number of amides is 1. The van der Waals surface area contributed by atoms with Gasteiger partial charge in [-0.2, -0.15) is 10.2 Å². The molecule has 0 bridgehead atoms. The normalized spacial score (nSPS) is 15.6. The predicted molar refractivity (Wildman–Crippen MR) is 89.6 cm³/mol. The molecule has 3 heterocycles. The van der Waals surface area contributed by atoms with Gasteiger partial charge in [-0.25, -0.2) is 4.98 Å². The van der Waals surface area contributed by atoms with Gasteiger partial charge in [0.15, 0.2) is 5.65 Å². The van der Waals surface area contributed by atoms with Crippen LogP contribution in [-0.2, 0) is 14.1 Å². The summed E-state index contributed by atoms with van der Waals surface area (Å²) < 4.78 is 3.45. The smallest absolute Gasteiger partial charge is 0.252 e. The van der Waals surface area contributed by atoms with Crippen molar-refractivity contribution in [2.75, 3.05) is 0 Å². The zero-order valence-corrected chi connectivity index (χ0v) is 14.0. The number of pyridine rings is 1. The van der Waals surface area contributed by atoms with Crippen molar-refractivity contribution < 1.29 is 4.79 Å². The first-order valence-corrected chi connectivity index (χ1v) is 8.16. The highest BCUT2D eigenvalue weighted by Crippen LogP contribution is 2.40. The largest absolute Gasteiger partial charge is 0.344 e. The molecule has 0 aromatic carbocycles. The van der Waals surface area contributed by atoms with Gasteiger partial charge in [0.2, 0.25) is 0 Å². The number of fused-ring (bicyclic) bond motifs is 1. The maximum atomic E-state index is 12.8. The first-order valence-electron chi connectivity index (χ1n) is 8.16. The fourth-order valence-corrected chi connectivity index (χ4v) is 2.92. The molecule has 0 spiro atoms. The monoisotopic (exact) mass is 324 g/mol. The van der Waals surface area contributed by atoms with Crippen molar-refractivity contribution >= 4 is 16.9 Å². The van der Waals surface area contributed by atoms with Crippen LogP contribution in [0.4, 0.5) is 0 Å². The van der Waals surface area contributed by atoms with Crippen molar-refractivity contribution in [3.8, 4) is 0 Å². The lowest BCUT2D eigenvalue weighted by Gasteiger charge is -2.13. The number of aryl methyl sites for hydroxylation is 2. The summed E-state index contributed by atoms with van der Waals surface area (Å²) >= 11 is 0. The molecule has 1 amide bonds. The Bertz CT molecular complexity index is 920. The molecule has 1 fully saturated rings. The molecule has 3 aromatic rings. The summed E-state index contributed by atoms with van der Waals surface area (Å²) in [7, 11) is 3.71. The molecular formula is C17H20N6O. The van der Waals surface area contributed by atoms with Gasteiger partial charge in [-0.1, -0.05) is 0 Å². The Kier molecular flexibility index (Phi) is 3.37. The lowest BCUT2D eigenvalue weighted by atomic mass is 10.1. The van der Waals surface area contributed by atoms with Gasteiger partial charge in [0.1, 0.15) is 0 Å². The fourth-order valence-electron chi connectivity index (χ4n) is 2.92. The van der Waals surface area contributed by atoms with Crippen molar-refractivity contribution in [1.82, 2.24) is 29.9 Å². The van der Waals surface area contributed by atoms with Gasteiger partial charge in [0.05, 0.1) is 28.9 Å². The van der Waals surface area contributed by atoms with E-state index in [1.54, 1.807) is 15.6 Å². The quantitative estimate of drug-likeness (QED) is 0.797. The Labute approximate surface area is 139 Å². The number of carbonyl (C=O) groups excluding carboxylic acids is 1. The maximum absolute atomic E-state index is 12.8. The zero-order chi connectivity index (χ0) is 16.8. The standard InChI is InChI=1S/C17H20N6O/c1-10(14-6-7-22(2)21-14)19-17(24)12-8-15(11-4-5-11)20-16-13(12)9-18-23(16)3/h6-11H,4-5H2,1-3H3,(H,19,24)/t10-/m0/s1. The van der Waals surface area contributed by atoms with E-state index in [0.717, 1.165) is 35.3 Å². The Morgan fingerprint density at radius 2 is 2.17 bits per heavy atom. The summed E-state index contributed by atoms with van der Waals surface area (Å²) in [4.78, 5) is 17.5. The van der Waals surface area contributed by atoms with Crippen molar-refractivity contribution in [3.63, 3.8) is 0 Å². The third kappa shape index (κ3) is 2.55. The Morgan fingerprint density at radius 1 is 1.38 bits per heavy atom. The Morgan fingerprint density at radius 3 is 2.83 bits per heavy atom. The summed E-state index contributed by atoms with van der Waals surface area (Å²) in [5.41, 5.74) is 3.22. The number of rotatable bonds is 4. The second kappa shape index (κ2) is 5.43. The van der Waals surface area contributed by atoms with Crippen LogP contribution in [0.5, 0.6) is 0 Å². The summed E-state index contributed by atoms with van der Waals surface area (Å²) in [6.07, 6.45) is 5.86. The zero-order valence-electron chi connectivity index (χ0n) is 14.0. The van der Waals surface area contributed by atoms with Gasteiger partial charge >= 0.3 is 0 Å². The van der Waals surface area contributed by atoms with Crippen molar-refractivity contribution in [2.45, 2.75) is 31.7 Å². The molecule has 0 unspecified atom stereocenters. The van der Waals surface area contributed by atoms with Crippen LogP contribution in [0, 0.1) is 0 Å². The molecule has 0 radical (unpaired) electrons. The number of nitrogens with one attached hydrogen (secondary N) is 1.